The first-order valence-electron chi connectivity index (χ1n) is 4.72. The molecule has 84 valence electrons. The molecule has 0 saturated carbocycles. The minimum Gasteiger partial charge on any atom is -0.464 e. The number of halogens is 1. The summed E-state index contributed by atoms with van der Waals surface area (Å²) in [5, 5.41) is 3.05. The Balaban J connectivity index is 0.00000196. The third kappa shape index (κ3) is 4.70. The smallest absolute Gasteiger partial charge is 0.328 e. The molecular formula is C11H16ClNO2. The van der Waals surface area contributed by atoms with Crippen LogP contribution in [0.15, 0.2) is 30.3 Å². The van der Waals surface area contributed by atoms with Crippen LogP contribution in [0.2, 0.25) is 0 Å². The number of rotatable bonds is 4. The molecule has 0 heterocycles. The van der Waals surface area contributed by atoms with E-state index in [9.17, 15) is 4.79 Å². The molecule has 0 saturated heterocycles. The Labute approximate surface area is 96.2 Å². The van der Waals surface area contributed by atoms with Gasteiger partial charge in [0.2, 0.25) is 0 Å². The first kappa shape index (κ1) is 13.8. The maximum Gasteiger partial charge on any atom is 0.328 e. The van der Waals surface area contributed by atoms with Crippen molar-refractivity contribution in [2.24, 2.45) is 0 Å². The number of ether oxygens (including phenoxy) is 1. The first-order chi connectivity index (χ1) is 6.74. The standard InChI is InChI=1S/C11H15NO2.ClH/c1-3-14-11(13)9(2)12-10-7-5-4-6-8-10;/h4-9,12H,3H2,1-2H3;1H/t9-;/m0./s1. The van der Waals surface area contributed by atoms with Crippen LogP contribution in [0.3, 0.4) is 0 Å². The zero-order valence-corrected chi connectivity index (χ0v) is 9.71. The number of hydrogen-bond acceptors (Lipinski definition) is 3. The summed E-state index contributed by atoms with van der Waals surface area (Å²) < 4.78 is 4.87. The molecule has 4 heteroatoms. The molecule has 1 atom stereocenters. The minimum absolute atomic E-state index is 0. The predicted octanol–water partition coefficient (Wildman–Crippen LogP) is 2.47. The lowest BCUT2D eigenvalue weighted by Crippen LogP contribution is -2.28. The molecule has 15 heavy (non-hydrogen) atoms. The summed E-state index contributed by atoms with van der Waals surface area (Å²) in [6.07, 6.45) is 0. The lowest BCUT2D eigenvalue weighted by atomic mass is 10.2. The molecule has 0 aliphatic heterocycles. The van der Waals surface area contributed by atoms with Gasteiger partial charge in [0.25, 0.3) is 0 Å². The number of esters is 1. The van der Waals surface area contributed by atoms with Crippen LogP contribution in [0.4, 0.5) is 5.69 Å². The normalized spacial score (nSPS) is 11.1. The van der Waals surface area contributed by atoms with Gasteiger partial charge < -0.3 is 10.1 Å². The summed E-state index contributed by atoms with van der Waals surface area (Å²) in [7, 11) is 0. The average Bonchev–Trinajstić information content (AvgIpc) is 2.19. The van der Waals surface area contributed by atoms with Gasteiger partial charge in [-0.2, -0.15) is 0 Å². The van der Waals surface area contributed by atoms with Crippen LogP contribution in [0.5, 0.6) is 0 Å². The molecule has 3 nitrogen and oxygen atoms in total. The average molecular weight is 230 g/mol. The van der Waals surface area contributed by atoms with Gasteiger partial charge in [-0.05, 0) is 26.0 Å². The van der Waals surface area contributed by atoms with Gasteiger partial charge >= 0.3 is 5.97 Å². The Bertz CT molecular complexity index is 290. The van der Waals surface area contributed by atoms with E-state index in [4.69, 9.17) is 4.74 Å². The quantitative estimate of drug-likeness (QED) is 0.807. The highest BCUT2D eigenvalue weighted by molar-refractivity contribution is 5.85. The molecule has 0 aliphatic carbocycles. The van der Waals surface area contributed by atoms with Crippen molar-refractivity contribution >= 4 is 24.1 Å². The Morgan fingerprint density at radius 2 is 2.00 bits per heavy atom. The van der Waals surface area contributed by atoms with E-state index < -0.39 is 0 Å². The molecule has 0 spiro atoms. The van der Waals surface area contributed by atoms with Crippen molar-refractivity contribution in [3.63, 3.8) is 0 Å². The molecule has 1 rings (SSSR count). The molecule has 0 aliphatic rings. The summed E-state index contributed by atoms with van der Waals surface area (Å²) in [4.78, 5) is 11.3. The van der Waals surface area contributed by atoms with Crippen LogP contribution < -0.4 is 5.32 Å². The molecule has 1 N–H and O–H groups in total. The topological polar surface area (TPSA) is 38.3 Å². The molecule has 0 aromatic heterocycles. The Kier molecular flexibility index (Phi) is 6.54. The molecular weight excluding hydrogens is 214 g/mol. The van der Waals surface area contributed by atoms with Crippen molar-refractivity contribution in [3.8, 4) is 0 Å². The van der Waals surface area contributed by atoms with E-state index in [2.05, 4.69) is 5.32 Å². The SMILES string of the molecule is CCOC(=O)[C@H](C)Nc1ccccc1.Cl. The van der Waals surface area contributed by atoms with Gasteiger partial charge in [-0.15, -0.1) is 12.4 Å². The zero-order chi connectivity index (χ0) is 10.4. The van der Waals surface area contributed by atoms with Crippen LogP contribution in [-0.4, -0.2) is 18.6 Å². The number of para-hydroxylation sites is 1. The Morgan fingerprint density at radius 1 is 1.40 bits per heavy atom. The fourth-order valence-corrected chi connectivity index (χ4v) is 1.11. The maximum absolute atomic E-state index is 11.3. The van der Waals surface area contributed by atoms with Gasteiger partial charge in [-0.25, -0.2) is 4.79 Å². The van der Waals surface area contributed by atoms with Gasteiger partial charge in [0, 0.05) is 5.69 Å². The third-order valence-corrected chi connectivity index (χ3v) is 1.80. The van der Waals surface area contributed by atoms with E-state index in [1.54, 1.807) is 13.8 Å². The molecule has 0 fully saturated rings. The van der Waals surface area contributed by atoms with Gasteiger partial charge in [0.05, 0.1) is 6.61 Å². The van der Waals surface area contributed by atoms with E-state index in [0.717, 1.165) is 5.69 Å². The molecule has 0 bridgehead atoms. The van der Waals surface area contributed by atoms with Crippen LogP contribution >= 0.6 is 12.4 Å². The molecule has 0 radical (unpaired) electrons. The van der Waals surface area contributed by atoms with E-state index in [0.29, 0.717) is 6.61 Å². The predicted molar refractivity (Wildman–Crippen MR) is 63.4 cm³/mol. The van der Waals surface area contributed by atoms with Crippen molar-refractivity contribution in [2.75, 3.05) is 11.9 Å². The van der Waals surface area contributed by atoms with Gasteiger partial charge in [0.1, 0.15) is 6.04 Å². The van der Waals surface area contributed by atoms with Crippen molar-refractivity contribution in [2.45, 2.75) is 19.9 Å². The minimum atomic E-state index is -0.308. The first-order valence-corrected chi connectivity index (χ1v) is 4.72. The summed E-state index contributed by atoms with van der Waals surface area (Å²) in [5.74, 6) is -0.226. The van der Waals surface area contributed by atoms with E-state index in [-0.39, 0.29) is 24.4 Å². The maximum atomic E-state index is 11.3. The van der Waals surface area contributed by atoms with Crippen molar-refractivity contribution in [1.29, 1.82) is 0 Å². The highest BCUT2D eigenvalue weighted by Gasteiger charge is 2.12. The van der Waals surface area contributed by atoms with E-state index >= 15 is 0 Å². The highest BCUT2D eigenvalue weighted by Crippen LogP contribution is 2.07. The van der Waals surface area contributed by atoms with Crippen LogP contribution in [0, 0.1) is 0 Å². The second-order valence-corrected chi connectivity index (χ2v) is 2.98. The van der Waals surface area contributed by atoms with Crippen molar-refractivity contribution in [1.82, 2.24) is 0 Å². The molecule has 0 unspecified atom stereocenters. The lowest BCUT2D eigenvalue weighted by Gasteiger charge is -2.13. The highest BCUT2D eigenvalue weighted by atomic mass is 35.5. The monoisotopic (exact) mass is 229 g/mol. The summed E-state index contributed by atoms with van der Waals surface area (Å²) in [6, 6.07) is 9.28. The number of hydrogen-bond donors (Lipinski definition) is 1. The number of carbonyl (C=O) groups excluding carboxylic acids is 1. The fraction of sp³-hybridized carbons (Fsp3) is 0.364. The summed E-state index contributed by atoms with van der Waals surface area (Å²) in [6.45, 7) is 4.00. The van der Waals surface area contributed by atoms with Crippen molar-refractivity contribution < 1.29 is 9.53 Å². The number of carbonyl (C=O) groups is 1. The second-order valence-electron chi connectivity index (χ2n) is 2.98. The van der Waals surface area contributed by atoms with Crippen LogP contribution in [0.25, 0.3) is 0 Å². The van der Waals surface area contributed by atoms with Gasteiger partial charge in [0.15, 0.2) is 0 Å². The zero-order valence-electron chi connectivity index (χ0n) is 8.90. The molecule has 1 aromatic rings. The third-order valence-electron chi connectivity index (χ3n) is 1.80. The second kappa shape index (κ2) is 7.12. The van der Waals surface area contributed by atoms with E-state index in [1.165, 1.54) is 0 Å². The summed E-state index contributed by atoms with van der Waals surface area (Å²) >= 11 is 0. The number of nitrogens with one attached hydrogen (secondary N) is 1. The number of benzene rings is 1. The molecule has 0 amide bonds. The summed E-state index contributed by atoms with van der Waals surface area (Å²) in [5.41, 5.74) is 0.924. The Morgan fingerprint density at radius 3 is 2.53 bits per heavy atom. The number of anilines is 1. The van der Waals surface area contributed by atoms with E-state index in [1.807, 2.05) is 30.3 Å². The van der Waals surface area contributed by atoms with Crippen molar-refractivity contribution in [3.05, 3.63) is 30.3 Å². The van der Waals surface area contributed by atoms with Gasteiger partial charge in [-0.3, -0.25) is 0 Å². The Hall–Kier alpha value is -1.22. The molecule has 1 aromatic carbocycles. The fourth-order valence-electron chi connectivity index (χ4n) is 1.11. The lowest BCUT2D eigenvalue weighted by molar-refractivity contribution is -0.143. The largest absolute Gasteiger partial charge is 0.464 e. The van der Waals surface area contributed by atoms with Crippen LogP contribution in [-0.2, 0) is 9.53 Å². The van der Waals surface area contributed by atoms with Gasteiger partial charge in [-0.1, -0.05) is 18.2 Å². The van der Waals surface area contributed by atoms with Crippen LogP contribution in [0.1, 0.15) is 13.8 Å².